The Hall–Kier alpha value is -3.58. The Morgan fingerprint density at radius 2 is 1.90 bits per heavy atom. The van der Waals surface area contributed by atoms with E-state index in [1.807, 2.05) is 56.3 Å². The molecule has 0 saturated heterocycles. The second kappa shape index (κ2) is 8.42. The average molecular weight is 419 g/mol. The van der Waals surface area contributed by atoms with Crippen molar-refractivity contribution < 1.29 is 4.79 Å². The molecule has 0 unspecified atom stereocenters. The average Bonchev–Trinajstić information content (AvgIpc) is 3.04. The fourth-order valence-electron chi connectivity index (χ4n) is 3.13. The molecular formula is C22H19ClN6O. The molecule has 150 valence electrons. The van der Waals surface area contributed by atoms with Crippen molar-refractivity contribution in [3.05, 3.63) is 82.4 Å². The van der Waals surface area contributed by atoms with Crippen LogP contribution in [0.15, 0.2) is 59.7 Å². The van der Waals surface area contributed by atoms with E-state index in [1.54, 1.807) is 22.9 Å². The van der Waals surface area contributed by atoms with Crippen LogP contribution < -0.4 is 5.43 Å². The number of carbonyl (C=O) groups excluding carboxylic acids is 1. The van der Waals surface area contributed by atoms with Crippen molar-refractivity contribution >= 4 is 40.6 Å². The van der Waals surface area contributed by atoms with E-state index in [4.69, 9.17) is 11.6 Å². The molecule has 0 aliphatic heterocycles. The second-order valence-corrected chi connectivity index (χ2v) is 7.17. The summed E-state index contributed by atoms with van der Waals surface area (Å²) in [6.45, 7) is 3.93. The topological polar surface area (TPSA) is 85.1 Å². The standard InChI is InChI=1S/C22H19ClN6O/c1-14-7-6-8-16(11-14)12-24-28-20-19-21(27-22(23)26-20)29(15(2)25-19)13-18(30)17-9-4-3-5-10-17/h3-12H,13H2,1-2H3,(H,26,27,28). The van der Waals surface area contributed by atoms with Gasteiger partial charge in [-0.1, -0.05) is 60.2 Å². The smallest absolute Gasteiger partial charge is 0.226 e. The number of carbonyl (C=O) groups is 1. The number of ketones is 1. The first-order valence-corrected chi connectivity index (χ1v) is 9.73. The number of nitrogens with zero attached hydrogens (tertiary/aromatic N) is 5. The van der Waals surface area contributed by atoms with Gasteiger partial charge in [-0.25, -0.2) is 4.98 Å². The second-order valence-electron chi connectivity index (χ2n) is 6.83. The molecule has 0 radical (unpaired) electrons. The molecular weight excluding hydrogens is 400 g/mol. The third-order valence-corrected chi connectivity index (χ3v) is 4.75. The maximum atomic E-state index is 12.7. The quantitative estimate of drug-likeness (QED) is 0.217. The number of fused-ring (bicyclic) bond motifs is 1. The van der Waals surface area contributed by atoms with Crippen molar-refractivity contribution in [3.63, 3.8) is 0 Å². The Kier molecular flexibility index (Phi) is 5.54. The van der Waals surface area contributed by atoms with E-state index >= 15 is 0 Å². The normalized spacial score (nSPS) is 11.3. The number of hydrogen-bond acceptors (Lipinski definition) is 6. The minimum absolute atomic E-state index is 0.0419. The number of benzene rings is 2. The molecule has 7 nitrogen and oxygen atoms in total. The van der Waals surface area contributed by atoms with Crippen LogP contribution in [0.1, 0.15) is 27.3 Å². The van der Waals surface area contributed by atoms with Crippen LogP contribution >= 0.6 is 11.6 Å². The van der Waals surface area contributed by atoms with Crippen molar-refractivity contribution in [2.75, 3.05) is 5.43 Å². The first-order chi connectivity index (χ1) is 14.5. The highest BCUT2D eigenvalue weighted by molar-refractivity contribution is 6.28. The molecule has 8 heteroatoms. The largest absolute Gasteiger partial charge is 0.305 e. The first-order valence-electron chi connectivity index (χ1n) is 9.35. The van der Waals surface area contributed by atoms with Gasteiger partial charge >= 0.3 is 0 Å². The molecule has 2 aromatic carbocycles. The Balaban J connectivity index is 1.64. The monoisotopic (exact) mass is 418 g/mol. The summed E-state index contributed by atoms with van der Waals surface area (Å²) in [6, 6.07) is 17.1. The highest BCUT2D eigenvalue weighted by Gasteiger charge is 2.18. The van der Waals surface area contributed by atoms with Gasteiger partial charge in [0.1, 0.15) is 5.82 Å². The maximum Gasteiger partial charge on any atom is 0.226 e. The van der Waals surface area contributed by atoms with Gasteiger partial charge in [0, 0.05) is 5.56 Å². The maximum absolute atomic E-state index is 12.7. The molecule has 0 amide bonds. The van der Waals surface area contributed by atoms with Crippen LogP contribution in [-0.2, 0) is 6.54 Å². The van der Waals surface area contributed by atoms with Gasteiger partial charge in [-0.3, -0.25) is 10.2 Å². The minimum atomic E-state index is -0.0419. The number of imidazole rings is 1. The van der Waals surface area contributed by atoms with E-state index in [0.29, 0.717) is 28.4 Å². The molecule has 0 fully saturated rings. The van der Waals surface area contributed by atoms with Crippen LogP contribution in [0.2, 0.25) is 5.28 Å². The van der Waals surface area contributed by atoms with E-state index in [1.165, 1.54) is 0 Å². The van der Waals surface area contributed by atoms with Crippen molar-refractivity contribution in [2.45, 2.75) is 20.4 Å². The van der Waals surface area contributed by atoms with Crippen LogP contribution in [0.5, 0.6) is 0 Å². The van der Waals surface area contributed by atoms with Crippen LogP contribution in [0.3, 0.4) is 0 Å². The molecule has 0 bridgehead atoms. The van der Waals surface area contributed by atoms with Gasteiger partial charge in [0.15, 0.2) is 22.8 Å². The molecule has 4 aromatic rings. The van der Waals surface area contributed by atoms with Crippen molar-refractivity contribution in [2.24, 2.45) is 5.10 Å². The molecule has 0 spiro atoms. The van der Waals surface area contributed by atoms with Gasteiger partial charge in [-0.15, -0.1) is 0 Å². The van der Waals surface area contributed by atoms with Crippen LogP contribution in [0, 0.1) is 13.8 Å². The summed E-state index contributed by atoms with van der Waals surface area (Å²) < 4.78 is 1.73. The lowest BCUT2D eigenvalue weighted by Gasteiger charge is -2.06. The van der Waals surface area contributed by atoms with Crippen LogP contribution in [-0.4, -0.2) is 31.5 Å². The zero-order valence-corrected chi connectivity index (χ0v) is 17.3. The van der Waals surface area contributed by atoms with E-state index in [9.17, 15) is 4.79 Å². The number of halogens is 1. The molecule has 0 saturated carbocycles. The van der Waals surface area contributed by atoms with Crippen molar-refractivity contribution in [1.82, 2.24) is 19.5 Å². The SMILES string of the molecule is Cc1cccc(C=NNc2nc(Cl)nc3c2nc(C)n3CC(=O)c2ccccc2)c1. The van der Waals surface area contributed by atoms with Crippen LogP contribution in [0.4, 0.5) is 5.82 Å². The highest BCUT2D eigenvalue weighted by atomic mass is 35.5. The van der Waals surface area contributed by atoms with E-state index < -0.39 is 0 Å². The summed E-state index contributed by atoms with van der Waals surface area (Å²) in [5.41, 5.74) is 6.59. The predicted octanol–water partition coefficient (Wildman–Crippen LogP) is 4.43. The van der Waals surface area contributed by atoms with E-state index in [0.717, 1.165) is 11.1 Å². The van der Waals surface area contributed by atoms with E-state index in [-0.39, 0.29) is 17.6 Å². The fourth-order valence-corrected chi connectivity index (χ4v) is 3.29. The molecule has 0 aliphatic rings. The van der Waals surface area contributed by atoms with Gasteiger partial charge in [0.2, 0.25) is 5.28 Å². The highest BCUT2D eigenvalue weighted by Crippen LogP contribution is 2.23. The summed E-state index contributed by atoms with van der Waals surface area (Å²) in [6.07, 6.45) is 1.69. The van der Waals surface area contributed by atoms with E-state index in [2.05, 4.69) is 25.5 Å². The molecule has 0 atom stereocenters. The lowest BCUT2D eigenvalue weighted by molar-refractivity contribution is 0.0972. The number of anilines is 1. The molecule has 1 N–H and O–H groups in total. The van der Waals surface area contributed by atoms with Gasteiger partial charge in [-0.05, 0) is 31.0 Å². The molecule has 30 heavy (non-hydrogen) atoms. The number of aryl methyl sites for hydroxylation is 2. The number of hydrogen-bond donors (Lipinski definition) is 1. The fraction of sp³-hybridized carbons (Fsp3) is 0.136. The molecule has 4 rings (SSSR count). The van der Waals surface area contributed by atoms with Gasteiger partial charge in [-0.2, -0.15) is 15.1 Å². The minimum Gasteiger partial charge on any atom is -0.305 e. The van der Waals surface area contributed by atoms with Gasteiger partial charge in [0.05, 0.1) is 12.8 Å². The Morgan fingerprint density at radius 3 is 2.67 bits per heavy atom. The molecule has 2 heterocycles. The Morgan fingerprint density at radius 1 is 1.10 bits per heavy atom. The summed E-state index contributed by atoms with van der Waals surface area (Å²) in [5.74, 6) is 0.971. The molecule has 0 aliphatic carbocycles. The summed E-state index contributed by atoms with van der Waals surface area (Å²) in [7, 11) is 0. The van der Waals surface area contributed by atoms with Crippen molar-refractivity contribution in [1.29, 1.82) is 0 Å². The zero-order chi connectivity index (χ0) is 21.1. The first kappa shape index (κ1) is 19.7. The Bertz CT molecular complexity index is 1250. The lowest BCUT2D eigenvalue weighted by atomic mass is 10.1. The summed E-state index contributed by atoms with van der Waals surface area (Å²) >= 11 is 6.14. The Labute approximate surface area is 178 Å². The number of Topliss-reactive ketones (excluding diaryl/α,β-unsaturated/α-hetero) is 1. The third-order valence-electron chi connectivity index (χ3n) is 4.58. The lowest BCUT2D eigenvalue weighted by Crippen LogP contribution is -2.12. The number of aromatic nitrogens is 4. The number of hydrazone groups is 1. The predicted molar refractivity (Wildman–Crippen MR) is 118 cm³/mol. The third kappa shape index (κ3) is 4.21. The summed E-state index contributed by atoms with van der Waals surface area (Å²) in [4.78, 5) is 25.7. The van der Waals surface area contributed by atoms with Crippen molar-refractivity contribution in [3.8, 4) is 0 Å². The van der Waals surface area contributed by atoms with Gasteiger partial charge < -0.3 is 4.57 Å². The van der Waals surface area contributed by atoms with Crippen LogP contribution in [0.25, 0.3) is 11.2 Å². The van der Waals surface area contributed by atoms with Gasteiger partial charge in [0.25, 0.3) is 0 Å². The number of rotatable bonds is 6. The summed E-state index contributed by atoms with van der Waals surface area (Å²) in [5, 5.41) is 4.30. The molecule has 2 aromatic heterocycles. The number of nitrogens with one attached hydrogen (secondary N) is 1. The zero-order valence-electron chi connectivity index (χ0n) is 16.5.